The second kappa shape index (κ2) is 5.50. The fraction of sp³-hybridized carbons (Fsp3) is 0.600. The maximum atomic E-state index is 5.73. The minimum Gasteiger partial charge on any atom is -0.307 e. The lowest BCUT2D eigenvalue weighted by atomic mass is 10.0. The molecule has 0 unspecified atom stereocenters. The first-order valence-corrected chi connectivity index (χ1v) is 6.78. The fourth-order valence-electron chi connectivity index (χ4n) is 1.10. The van der Waals surface area contributed by atoms with E-state index >= 15 is 0 Å². The molecule has 0 spiro atoms. The van der Waals surface area contributed by atoms with E-state index in [1.807, 2.05) is 0 Å². The molecule has 14 heavy (non-hydrogen) atoms. The molecule has 0 atom stereocenters. The fourth-order valence-corrected chi connectivity index (χ4v) is 2.96. The minimum atomic E-state index is 0.123. The van der Waals surface area contributed by atoms with E-state index in [1.54, 1.807) is 11.3 Å². The topological polar surface area (TPSA) is 12.0 Å². The first-order chi connectivity index (χ1) is 6.53. The first kappa shape index (κ1) is 12.5. The Morgan fingerprint density at radius 2 is 2.29 bits per heavy atom. The molecule has 0 saturated carbocycles. The number of nitrogens with one attached hydrogen (secondary N) is 1. The predicted molar refractivity (Wildman–Crippen MR) is 68.3 cm³/mol. The third-order valence-electron chi connectivity index (χ3n) is 2.08. The molecule has 0 fully saturated rings. The first-order valence-electron chi connectivity index (χ1n) is 4.57. The number of hydrogen-bond donors (Lipinski definition) is 1. The van der Waals surface area contributed by atoms with Gasteiger partial charge in [0.25, 0.3) is 0 Å². The van der Waals surface area contributed by atoms with E-state index in [0.29, 0.717) is 5.88 Å². The van der Waals surface area contributed by atoms with Gasteiger partial charge in [0.1, 0.15) is 0 Å². The molecule has 0 radical (unpaired) electrons. The highest BCUT2D eigenvalue weighted by Crippen LogP contribution is 2.20. The average Bonchev–Trinajstić information content (AvgIpc) is 2.48. The molecule has 0 aliphatic carbocycles. The molecule has 1 heterocycles. The van der Waals surface area contributed by atoms with Crippen molar-refractivity contribution in [3.05, 3.63) is 20.8 Å². The molecule has 0 amide bonds. The van der Waals surface area contributed by atoms with Gasteiger partial charge in [-0.1, -0.05) is 0 Å². The summed E-state index contributed by atoms with van der Waals surface area (Å²) in [4.78, 5) is 1.35. The summed E-state index contributed by atoms with van der Waals surface area (Å²) < 4.78 is 1.16. The molecule has 0 bridgehead atoms. The zero-order valence-electron chi connectivity index (χ0n) is 8.44. The Labute approximate surface area is 103 Å². The van der Waals surface area contributed by atoms with Crippen LogP contribution in [0.4, 0.5) is 0 Å². The standard InChI is InChI=1S/C10H15BrClNS/c1-10(2,3-4-12)13-6-9-5-8(11)7-14-9/h5,7,13H,3-4,6H2,1-2H3. The van der Waals surface area contributed by atoms with Crippen molar-refractivity contribution in [1.82, 2.24) is 5.32 Å². The van der Waals surface area contributed by atoms with Crippen molar-refractivity contribution in [2.75, 3.05) is 5.88 Å². The van der Waals surface area contributed by atoms with E-state index in [1.165, 1.54) is 4.88 Å². The molecule has 1 aromatic heterocycles. The highest BCUT2D eigenvalue weighted by molar-refractivity contribution is 9.10. The second-order valence-electron chi connectivity index (χ2n) is 3.91. The van der Waals surface area contributed by atoms with Gasteiger partial charge in [-0.3, -0.25) is 0 Å². The van der Waals surface area contributed by atoms with Crippen LogP contribution in [0.3, 0.4) is 0 Å². The Hall–Kier alpha value is 0.430. The maximum Gasteiger partial charge on any atom is 0.0305 e. The van der Waals surface area contributed by atoms with Gasteiger partial charge in [-0.15, -0.1) is 22.9 Å². The number of thiophene rings is 1. The van der Waals surface area contributed by atoms with Crippen LogP contribution in [0, 0.1) is 0 Å². The molecule has 0 aliphatic rings. The third kappa shape index (κ3) is 4.30. The zero-order chi connectivity index (χ0) is 10.6. The van der Waals surface area contributed by atoms with Gasteiger partial charge in [0.2, 0.25) is 0 Å². The van der Waals surface area contributed by atoms with Gasteiger partial charge < -0.3 is 5.32 Å². The van der Waals surface area contributed by atoms with E-state index in [9.17, 15) is 0 Å². The van der Waals surface area contributed by atoms with Crippen LogP contribution < -0.4 is 5.32 Å². The number of hydrogen-bond acceptors (Lipinski definition) is 2. The lowest BCUT2D eigenvalue weighted by Gasteiger charge is -2.25. The molecule has 0 saturated heterocycles. The molecular weight excluding hydrogens is 282 g/mol. The Kier molecular flexibility index (Phi) is 4.91. The van der Waals surface area contributed by atoms with Crippen molar-refractivity contribution in [2.24, 2.45) is 0 Å². The Morgan fingerprint density at radius 3 is 2.79 bits per heavy atom. The summed E-state index contributed by atoms with van der Waals surface area (Å²) in [7, 11) is 0. The van der Waals surface area contributed by atoms with Crippen LogP contribution in [0.5, 0.6) is 0 Å². The van der Waals surface area contributed by atoms with E-state index in [2.05, 4.69) is 46.5 Å². The van der Waals surface area contributed by atoms with Crippen molar-refractivity contribution < 1.29 is 0 Å². The lowest BCUT2D eigenvalue weighted by Crippen LogP contribution is -2.38. The predicted octanol–water partition coefficient (Wildman–Crippen LogP) is 4.01. The molecule has 1 N–H and O–H groups in total. The summed E-state index contributed by atoms with van der Waals surface area (Å²) in [5, 5.41) is 5.60. The van der Waals surface area contributed by atoms with Crippen molar-refractivity contribution in [3.8, 4) is 0 Å². The van der Waals surface area contributed by atoms with Crippen molar-refractivity contribution >= 4 is 38.9 Å². The van der Waals surface area contributed by atoms with Crippen molar-refractivity contribution in [1.29, 1.82) is 0 Å². The van der Waals surface area contributed by atoms with Crippen LogP contribution >= 0.6 is 38.9 Å². The zero-order valence-corrected chi connectivity index (χ0v) is 11.6. The summed E-state index contributed by atoms with van der Waals surface area (Å²) >= 11 is 10.9. The third-order valence-corrected chi connectivity index (χ3v) is 3.97. The van der Waals surface area contributed by atoms with Gasteiger partial charge in [-0.2, -0.15) is 0 Å². The van der Waals surface area contributed by atoms with Crippen LogP contribution in [0.1, 0.15) is 25.1 Å². The van der Waals surface area contributed by atoms with Crippen LogP contribution in [-0.4, -0.2) is 11.4 Å². The molecule has 80 valence electrons. The van der Waals surface area contributed by atoms with Gasteiger partial charge in [0.05, 0.1) is 0 Å². The monoisotopic (exact) mass is 295 g/mol. The van der Waals surface area contributed by atoms with Crippen LogP contribution in [0.2, 0.25) is 0 Å². The van der Waals surface area contributed by atoms with E-state index in [4.69, 9.17) is 11.6 Å². The summed E-state index contributed by atoms with van der Waals surface area (Å²) in [5.41, 5.74) is 0.123. The molecule has 1 aromatic rings. The maximum absolute atomic E-state index is 5.73. The van der Waals surface area contributed by atoms with Crippen LogP contribution in [0.15, 0.2) is 15.9 Å². The van der Waals surface area contributed by atoms with E-state index in [0.717, 1.165) is 17.4 Å². The summed E-state index contributed by atoms with van der Waals surface area (Å²) in [6.07, 6.45) is 0.987. The number of halogens is 2. The van der Waals surface area contributed by atoms with Gasteiger partial charge in [0, 0.05) is 32.7 Å². The molecule has 1 rings (SSSR count). The highest BCUT2D eigenvalue weighted by atomic mass is 79.9. The van der Waals surface area contributed by atoms with Gasteiger partial charge in [-0.25, -0.2) is 0 Å². The lowest BCUT2D eigenvalue weighted by molar-refractivity contribution is 0.378. The van der Waals surface area contributed by atoms with Gasteiger partial charge in [0.15, 0.2) is 0 Å². The van der Waals surface area contributed by atoms with Crippen LogP contribution in [-0.2, 0) is 6.54 Å². The SMILES string of the molecule is CC(C)(CCCl)NCc1cc(Br)cs1. The van der Waals surface area contributed by atoms with E-state index < -0.39 is 0 Å². The second-order valence-corrected chi connectivity index (χ2v) is 6.20. The average molecular weight is 297 g/mol. The van der Waals surface area contributed by atoms with Crippen LogP contribution in [0.25, 0.3) is 0 Å². The molecular formula is C10H15BrClNS. The number of rotatable bonds is 5. The molecule has 0 aliphatic heterocycles. The Balaban J connectivity index is 2.40. The van der Waals surface area contributed by atoms with Gasteiger partial charge >= 0.3 is 0 Å². The molecule has 4 heteroatoms. The summed E-state index contributed by atoms with van der Waals surface area (Å²) in [6, 6.07) is 2.15. The van der Waals surface area contributed by atoms with Crippen molar-refractivity contribution in [3.63, 3.8) is 0 Å². The Bertz CT molecular complexity index is 285. The normalized spacial score (nSPS) is 12.0. The number of alkyl halides is 1. The smallest absolute Gasteiger partial charge is 0.0305 e. The quantitative estimate of drug-likeness (QED) is 0.810. The summed E-state index contributed by atoms with van der Waals surface area (Å²) in [5.74, 6) is 0.703. The largest absolute Gasteiger partial charge is 0.307 e. The van der Waals surface area contributed by atoms with Crippen molar-refractivity contribution in [2.45, 2.75) is 32.4 Å². The minimum absolute atomic E-state index is 0.123. The molecule has 0 aromatic carbocycles. The summed E-state index contributed by atoms with van der Waals surface area (Å²) in [6.45, 7) is 5.27. The molecule has 1 nitrogen and oxygen atoms in total. The Morgan fingerprint density at radius 1 is 1.57 bits per heavy atom. The van der Waals surface area contributed by atoms with E-state index in [-0.39, 0.29) is 5.54 Å². The van der Waals surface area contributed by atoms with Gasteiger partial charge in [-0.05, 0) is 42.3 Å². The highest BCUT2D eigenvalue weighted by Gasteiger charge is 2.15.